The summed E-state index contributed by atoms with van der Waals surface area (Å²) in [5, 5.41) is 14.9. The highest BCUT2D eigenvalue weighted by Gasteiger charge is 2.45. The van der Waals surface area contributed by atoms with E-state index >= 15 is 0 Å². The van der Waals surface area contributed by atoms with E-state index in [0.717, 1.165) is 5.56 Å². The van der Waals surface area contributed by atoms with Crippen molar-refractivity contribution in [1.29, 1.82) is 5.26 Å². The molecule has 4 bridgehead atoms. The van der Waals surface area contributed by atoms with E-state index in [1.54, 1.807) is 24.3 Å². The van der Waals surface area contributed by atoms with Gasteiger partial charge in [-0.2, -0.15) is 5.26 Å². The van der Waals surface area contributed by atoms with Gasteiger partial charge < -0.3 is 20.1 Å². The number of fused-ring (bicyclic) bond motifs is 9. The summed E-state index contributed by atoms with van der Waals surface area (Å²) in [5.74, 6) is 0.503. The molecule has 1 saturated carbocycles. The maximum absolute atomic E-state index is 12.9. The van der Waals surface area contributed by atoms with E-state index in [-0.39, 0.29) is 18.2 Å². The molecule has 2 aromatic carbocycles. The van der Waals surface area contributed by atoms with Crippen LogP contribution in [0.15, 0.2) is 60.7 Å². The number of nitrogens with zero attached hydrogens (tertiary/aromatic N) is 1. The zero-order chi connectivity index (χ0) is 21.7. The van der Waals surface area contributed by atoms with Crippen molar-refractivity contribution in [3.05, 3.63) is 71.8 Å². The first-order valence-electron chi connectivity index (χ1n) is 10.2. The monoisotopic (exact) mass is 417 g/mol. The summed E-state index contributed by atoms with van der Waals surface area (Å²) in [6, 6.07) is 15.5. The van der Waals surface area contributed by atoms with E-state index in [1.807, 2.05) is 36.4 Å². The Hall–Kier alpha value is -3.79. The normalized spacial score (nSPS) is 20.7. The molecule has 0 spiro atoms. The molecule has 5 rings (SSSR count). The lowest BCUT2D eigenvalue weighted by Gasteiger charge is -2.20. The van der Waals surface area contributed by atoms with Gasteiger partial charge in [-0.25, -0.2) is 0 Å². The van der Waals surface area contributed by atoms with Crippen LogP contribution >= 0.6 is 0 Å². The van der Waals surface area contributed by atoms with Crippen LogP contribution in [0.5, 0.6) is 11.5 Å². The fourth-order valence-electron chi connectivity index (χ4n) is 3.27. The number of nitrogens with one attached hydrogen (secondary N) is 2. The van der Waals surface area contributed by atoms with E-state index in [2.05, 4.69) is 16.7 Å². The first-order chi connectivity index (χ1) is 15.1. The average molecular weight is 417 g/mol. The fourth-order valence-corrected chi connectivity index (χ4v) is 3.27. The molecule has 1 aliphatic carbocycles. The van der Waals surface area contributed by atoms with Crippen molar-refractivity contribution in [2.75, 3.05) is 13.2 Å². The summed E-state index contributed by atoms with van der Waals surface area (Å²) in [5.41, 5.74) is 0.448. The Morgan fingerprint density at radius 3 is 2.45 bits per heavy atom. The van der Waals surface area contributed by atoms with Crippen LogP contribution in [-0.4, -0.2) is 36.6 Å². The smallest absolute Gasteiger partial charge is 0.252 e. The second-order valence-electron chi connectivity index (χ2n) is 7.68. The van der Waals surface area contributed by atoms with Crippen molar-refractivity contribution in [1.82, 2.24) is 10.6 Å². The molecule has 7 heteroatoms. The van der Waals surface area contributed by atoms with Gasteiger partial charge in [0, 0.05) is 12.0 Å². The van der Waals surface area contributed by atoms with Gasteiger partial charge in [0.05, 0.1) is 6.07 Å². The molecule has 2 aromatic rings. The molecule has 1 atom stereocenters. The molecule has 31 heavy (non-hydrogen) atoms. The molecule has 2 heterocycles. The van der Waals surface area contributed by atoms with Gasteiger partial charge in [-0.1, -0.05) is 18.2 Å². The van der Waals surface area contributed by atoms with Gasteiger partial charge in [0.25, 0.3) is 5.91 Å². The molecule has 2 amide bonds. The highest BCUT2D eigenvalue weighted by molar-refractivity contribution is 5.98. The Bertz CT molecular complexity index is 1040. The summed E-state index contributed by atoms with van der Waals surface area (Å²) in [6.45, 7) is 0.749. The number of benzene rings is 2. The van der Waals surface area contributed by atoms with Crippen LogP contribution in [-0.2, 0) is 11.2 Å². The number of hydrogen-bond donors (Lipinski definition) is 2. The van der Waals surface area contributed by atoms with Gasteiger partial charge in [0.1, 0.15) is 36.3 Å². The van der Waals surface area contributed by atoms with Crippen LogP contribution < -0.4 is 20.1 Å². The van der Waals surface area contributed by atoms with E-state index in [4.69, 9.17) is 9.47 Å². The molecule has 3 aliphatic rings. The van der Waals surface area contributed by atoms with Crippen molar-refractivity contribution in [3.63, 3.8) is 0 Å². The van der Waals surface area contributed by atoms with Crippen molar-refractivity contribution in [2.24, 2.45) is 0 Å². The number of nitriles is 1. The summed E-state index contributed by atoms with van der Waals surface area (Å²) < 4.78 is 11.3. The number of amides is 2. The van der Waals surface area contributed by atoms with E-state index in [1.165, 1.54) is 0 Å². The first-order valence-corrected chi connectivity index (χ1v) is 10.2. The highest BCUT2D eigenvalue weighted by Crippen LogP contribution is 2.34. The van der Waals surface area contributed by atoms with Crippen LogP contribution in [0.3, 0.4) is 0 Å². The summed E-state index contributed by atoms with van der Waals surface area (Å²) in [7, 11) is 0. The predicted molar refractivity (Wildman–Crippen MR) is 114 cm³/mol. The second kappa shape index (κ2) is 8.92. The molecule has 0 unspecified atom stereocenters. The zero-order valence-corrected chi connectivity index (χ0v) is 17.0. The largest absolute Gasteiger partial charge is 0.490 e. The number of carbonyl (C=O) groups excluding carboxylic acids is 2. The minimum atomic E-state index is -0.827. The van der Waals surface area contributed by atoms with Crippen molar-refractivity contribution in [3.8, 4) is 17.6 Å². The van der Waals surface area contributed by atoms with Crippen molar-refractivity contribution >= 4 is 11.8 Å². The third kappa shape index (κ3) is 5.23. The Labute approximate surface area is 180 Å². The van der Waals surface area contributed by atoms with Crippen LogP contribution in [0.25, 0.3) is 0 Å². The van der Waals surface area contributed by atoms with Gasteiger partial charge in [0.15, 0.2) is 0 Å². The lowest BCUT2D eigenvalue weighted by atomic mass is 10.0. The molecule has 2 aliphatic heterocycles. The van der Waals surface area contributed by atoms with Gasteiger partial charge in [-0.3, -0.25) is 9.59 Å². The third-order valence-electron chi connectivity index (χ3n) is 5.27. The number of carbonyl (C=O) groups is 2. The Kier molecular flexibility index (Phi) is 5.89. The lowest BCUT2D eigenvalue weighted by molar-refractivity contribution is -0.123. The predicted octanol–water partition coefficient (Wildman–Crippen LogP) is 2.53. The van der Waals surface area contributed by atoms with Gasteiger partial charge in [-0.05, 0) is 60.9 Å². The molecule has 2 N–H and O–H groups in total. The van der Waals surface area contributed by atoms with Gasteiger partial charge >= 0.3 is 0 Å². The molecule has 0 aromatic heterocycles. The molecular formula is C24H23N3O4. The molecule has 1 fully saturated rings. The standard InChI is InChI=1S/C24H23N3O4/c25-16-24(10-11-24)27-23(29)21-14-17-6-8-19(9-7-17)30-12-1-2-13-31-20-5-3-4-18(15-20)22(28)26-21/h1-9,15,21H,10-14H2,(H,26,28)(H,27,29)/b2-1+/t21-/m0/s1. The van der Waals surface area contributed by atoms with E-state index in [9.17, 15) is 14.9 Å². The Morgan fingerprint density at radius 2 is 1.77 bits per heavy atom. The van der Waals surface area contributed by atoms with E-state index < -0.39 is 11.6 Å². The zero-order valence-electron chi connectivity index (χ0n) is 17.0. The van der Waals surface area contributed by atoms with E-state index in [0.29, 0.717) is 43.1 Å². The molecule has 158 valence electrons. The summed E-state index contributed by atoms with van der Waals surface area (Å²) in [6.07, 6.45) is 5.24. The molecule has 7 nitrogen and oxygen atoms in total. The average Bonchev–Trinajstić information content (AvgIpc) is 3.56. The highest BCUT2D eigenvalue weighted by atomic mass is 16.5. The second-order valence-corrected chi connectivity index (χ2v) is 7.68. The molecule has 0 radical (unpaired) electrons. The fraction of sp³-hybridized carbons (Fsp3) is 0.292. The van der Waals surface area contributed by atoms with Crippen LogP contribution in [0.4, 0.5) is 0 Å². The van der Waals surface area contributed by atoms with Crippen LogP contribution in [0.2, 0.25) is 0 Å². The van der Waals surface area contributed by atoms with Crippen LogP contribution in [0, 0.1) is 11.3 Å². The maximum atomic E-state index is 12.9. The quantitative estimate of drug-likeness (QED) is 0.732. The van der Waals surface area contributed by atoms with Crippen molar-refractivity contribution in [2.45, 2.75) is 30.8 Å². The molecule has 0 saturated heterocycles. The van der Waals surface area contributed by atoms with Crippen molar-refractivity contribution < 1.29 is 19.1 Å². The van der Waals surface area contributed by atoms with Crippen LogP contribution in [0.1, 0.15) is 28.8 Å². The maximum Gasteiger partial charge on any atom is 0.252 e. The summed E-state index contributed by atoms with van der Waals surface area (Å²) in [4.78, 5) is 25.8. The molecular weight excluding hydrogens is 394 g/mol. The SMILES string of the molecule is N#CC1(NC(=O)[C@@H]2Cc3ccc(cc3)OC/C=C/COc3cccc(c3)C(=O)N2)CC1. The number of hydrogen-bond acceptors (Lipinski definition) is 5. The Morgan fingerprint density at radius 1 is 1.06 bits per heavy atom. The topological polar surface area (TPSA) is 100 Å². The van der Waals surface area contributed by atoms with Gasteiger partial charge in [0.2, 0.25) is 5.91 Å². The minimum absolute atomic E-state index is 0.287. The number of rotatable bonds is 2. The Balaban J connectivity index is 1.60. The lowest BCUT2D eigenvalue weighted by Crippen LogP contribution is -2.51. The summed E-state index contributed by atoms with van der Waals surface area (Å²) >= 11 is 0. The minimum Gasteiger partial charge on any atom is -0.490 e. The van der Waals surface area contributed by atoms with Gasteiger partial charge in [-0.15, -0.1) is 0 Å². The first kappa shape index (κ1) is 20.5. The number of ether oxygens (including phenoxy) is 2. The third-order valence-corrected chi connectivity index (χ3v) is 5.27.